The largest absolute Gasteiger partial charge is 0.496 e. The molecule has 2 amide bonds. The summed E-state index contributed by atoms with van der Waals surface area (Å²) in [5.74, 6) is 0.534. The Balaban J connectivity index is 1.67. The molecule has 0 bridgehead atoms. The molecule has 0 aromatic heterocycles. The first-order valence-corrected chi connectivity index (χ1v) is 11.5. The number of methoxy groups -OCH3 is 1. The third-order valence-electron chi connectivity index (χ3n) is 6.22. The molecule has 0 spiro atoms. The predicted octanol–water partition coefficient (Wildman–Crippen LogP) is 4.83. The highest BCUT2D eigenvalue weighted by Crippen LogP contribution is 2.41. The Morgan fingerprint density at radius 1 is 0.882 bits per heavy atom. The molecule has 0 aliphatic carbocycles. The molecule has 0 N–H and O–H groups in total. The lowest BCUT2D eigenvalue weighted by Crippen LogP contribution is -2.37. The minimum Gasteiger partial charge on any atom is -0.496 e. The summed E-state index contributed by atoms with van der Waals surface area (Å²) in [7, 11) is 1.57. The number of fused-ring (bicyclic) bond motifs is 1. The monoisotopic (exact) mass is 454 g/mol. The average Bonchev–Trinajstić information content (AvgIpc) is 3.13. The van der Waals surface area contributed by atoms with E-state index in [9.17, 15) is 9.59 Å². The number of rotatable bonds is 6. The molecule has 3 aromatic rings. The molecular formula is C28H26N2O4. The fourth-order valence-electron chi connectivity index (χ4n) is 4.72. The van der Waals surface area contributed by atoms with E-state index >= 15 is 0 Å². The standard InChI is InChI=1S/C28H26N2O4/c1-3-34-21-16-14-20(15-17-21)30-27(31)25(22-11-5-7-13-24(22)33-2)26(28(30)32)29-18-8-10-19-9-4-6-12-23(19)29/h4-7,9,11-17H,3,8,10,18H2,1-2H3. The maximum Gasteiger partial charge on any atom is 0.282 e. The number of nitrogens with zero attached hydrogens (tertiary/aromatic N) is 2. The van der Waals surface area contributed by atoms with Gasteiger partial charge in [0.2, 0.25) is 0 Å². The minimum atomic E-state index is -0.364. The Morgan fingerprint density at radius 2 is 1.62 bits per heavy atom. The quantitative estimate of drug-likeness (QED) is 0.500. The Morgan fingerprint density at radius 3 is 2.38 bits per heavy atom. The van der Waals surface area contributed by atoms with Crippen molar-refractivity contribution in [1.29, 1.82) is 0 Å². The number of para-hydroxylation sites is 2. The Kier molecular flexibility index (Phi) is 5.80. The first kappa shape index (κ1) is 21.8. The molecule has 2 aliphatic heterocycles. The summed E-state index contributed by atoms with van der Waals surface area (Å²) in [5.41, 5.74) is 3.98. The van der Waals surface area contributed by atoms with Crippen molar-refractivity contribution in [2.24, 2.45) is 0 Å². The zero-order chi connectivity index (χ0) is 23.7. The van der Waals surface area contributed by atoms with E-state index in [0.717, 1.165) is 18.5 Å². The van der Waals surface area contributed by atoms with E-state index in [1.54, 1.807) is 37.4 Å². The van der Waals surface area contributed by atoms with Crippen LogP contribution < -0.4 is 19.3 Å². The fourth-order valence-corrected chi connectivity index (χ4v) is 4.72. The topological polar surface area (TPSA) is 59.1 Å². The van der Waals surface area contributed by atoms with Gasteiger partial charge in [-0.15, -0.1) is 0 Å². The van der Waals surface area contributed by atoms with Crippen LogP contribution in [0, 0.1) is 0 Å². The highest BCUT2D eigenvalue weighted by Gasteiger charge is 2.44. The molecule has 0 saturated carbocycles. The van der Waals surface area contributed by atoms with Crippen LogP contribution >= 0.6 is 0 Å². The van der Waals surface area contributed by atoms with Gasteiger partial charge in [0.15, 0.2) is 0 Å². The van der Waals surface area contributed by atoms with Crippen LogP contribution in [0.3, 0.4) is 0 Å². The molecule has 0 saturated heterocycles. The Hall–Kier alpha value is -4.06. The number of carbonyl (C=O) groups is 2. The molecule has 2 heterocycles. The van der Waals surface area contributed by atoms with Gasteiger partial charge in [-0.05, 0) is 61.7 Å². The third-order valence-corrected chi connectivity index (χ3v) is 6.22. The van der Waals surface area contributed by atoms with Crippen molar-refractivity contribution in [3.63, 3.8) is 0 Å². The average molecular weight is 455 g/mol. The van der Waals surface area contributed by atoms with Crippen LogP contribution in [-0.2, 0) is 16.0 Å². The molecule has 2 aliphatic rings. The molecule has 5 rings (SSSR count). The molecular weight excluding hydrogens is 428 g/mol. The van der Waals surface area contributed by atoms with Gasteiger partial charge >= 0.3 is 0 Å². The van der Waals surface area contributed by atoms with Crippen molar-refractivity contribution >= 4 is 28.8 Å². The van der Waals surface area contributed by atoms with Crippen molar-refractivity contribution in [3.8, 4) is 11.5 Å². The number of hydrogen-bond acceptors (Lipinski definition) is 5. The van der Waals surface area contributed by atoms with Crippen LogP contribution in [0.2, 0.25) is 0 Å². The highest BCUT2D eigenvalue weighted by molar-refractivity contribution is 6.46. The van der Waals surface area contributed by atoms with E-state index in [1.165, 1.54) is 10.5 Å². The van der Waals surface area contributed by atoms with Gasteiger partial charge in [0.05, 0.1) is 25.0 Å². The number of aryl methyl sites for hydroxylation is 1. The summed E-state index contributed by atoms with van der Waals surface area (Å²) in [6.07, 6.45) is 1.83. The van der Waals surface area contributed by atoms with Crippen LogP contribution in [0.25, 0.3) is 5.57 Å². The normalized spacial score (nSPS) is 15.6. The van der Waals surface area contributed by atoms with Gasteiger partial charge in [0.1, 0.15) is 17.2 Å². The van der Waals surface area contributed by atoms with Crippen LogP contribution in [0.4, 0.5) is 11.4 Å². The second-order valence-electron chi connectivity index (χ2n) is 8.18. The van der Waals surface area contributed by atoms with Gasteiger partial charge in [0.25, 0.3) is 11.8 Å². The number of benzene rings is 3. The zero-order valence-corrected chi connectivity index (χ0v) is 19.3. The number of ether oxygens (including phenoxy) is 2. The summed E-state index contributed by atoms with van der Waals surface area (Å²) >= 11 is 0. The fraction of sp³-hybridized carbons (Fsp3) is 0.214. The minimum absolute atomic E-state index is 0.341. The van der Waals surface area contributed by atoms with E-state index in [4.69, 9.17) is 9.47 Å². The van der Waals surface area contributed by atoms with Crippen molar-refractivity contribution in [3.05, 3.63) is 89.6 Å². The van der Waals surface area contributed by atoms with E-state index in [2.05, 4.69) is 6.07 Å². The molecule has 172 valence electrons. The van der Waals surface area contributed by atoms with Gasteiger partial charge in [-0.3, -0.25) is 9.59 Å². The van der Waals surface area contributed by atoms with Gasteiger partial charge in [-0.2, -0.15) is 0 Å². The highest BCUT2D eigenvalue weighted by atomic mass is 16.5. The predicted molar refractivity (Wildman–Crippen MR) is 132 cm³/mol. The van der Waals surface area contributed by atoms with E-state index in [0.29, 0.717) is 47.2 Å². The summed E-state index contributed by atoms with van der Waals surface area (Å²) in [5, 5.41) is 0. The lowest BCUT2D eigenvalue weighted by Gasteiger charge is -2.32. The maximum atomic E-state index is 14.0. The molecule has 6 heteroatoms. The van der Waals surface area contributed by atoms with Crippen molar-refractivity contribution in [2.75, 3.05) is 30.1 Å². The van der Waals surface area contributed by atoms with Crippen molar-refractivity contribution in [2.45, 2.75) is 19.8 Å². The lowest BCUT2D eigenvalue weighted by atomic mass is 9.98. The van der Waals surface area contributed by atoms with E-state index in [1.807, 2.05) is 48.2 Å². The molecule has 0 fully saturated rings. The van der Waals surface area contributed by atoms with Gasteiger partial charge in [-0.25, -0.2) is 4.90 Å². The number of hydrogen-bond donors (Lipinski definition) is 0. The van der Waals surface area contributed by atoms with E-state index in [-0.39, 0.29) is 11.8 Å². The Bertz CT molecular complexity index is 1280. The van der Waals surface area contributed by atoms with Crippen LogP contribution in [0.1, 0.15) is 24.5 Å². The number of amides is 2. The molecule has 6 nitrogen and oxygen atoms in total. The molecule has 0 radical (unpaired) electrons. The van der Waals surface area contributed by atoms with Crippen molar-refractivity contribution in [1.82, 2.24) is 0 Å². The van der Waals surface area contributed by atoms with Gasteiger partial charge in [0, 0.05) is 17.8 Å². The first-order valence-electron chi connectivity index (χ1n) is 11.5. The number of carbonyl (C=O) groups excluding carboxylic acids is 2. The smallest absolute Gasteiger partial charge is 0.282 e. The third kappa shape index (κ3) is 3.61. The lowest BCUT2D eigenvalue weighted by molar-refractivity contribution is -0.120. The first-order chi connectivity index (χ1) is 16.6. The molecule has 34 heavy (non-hydrogen) atoms. The maximum absolute atomic E-state index is 14.0. The van der Waals surface area contributed by atoms with Crippen LogP contribution in [0.15, 0.2) is 78.5 Å². The molecule has 3 aromatic carbocycles. The van der Waals surface area contributed by atoms with Gasteiger partial charge in [-0.1, -0.05) is 36.4 Å². The summed E-state index contributed by atoms with van der Waals surface area (Å²) in [6, 6.07) is 22.4. The number of anilines is 2. The summed E-state index contributed by atoms with van der Waals surface area (Å²) < 4.78 is 11.1. The summed E-state index contributed by atoms with van der Waals surface area (Å²) in [4.78, 5) is 31.1. The van der Waals surface area contributed by atoms with Crippen LogP contribution in [-0.4, -0.2) is 32.1 Å². The van der Waals surface area contributed by atoms with Crippen LogP contribution in [0.5, 0.6) is 11.5 Å². The molecule has 0 atom stereocenters. The van der Waals surface area contributed by atoms with Crippen molar-refractivity contribution < 1.29 is 19.1 Å². The second-order valence-corrected chi connectivity index (χ2v) is 8.18. The molecule has 0 unspecified atom stereocenters. The number of imide groups is 1. The Labute approximate surface area is 199 Å². The second kappa shape index (κ2) is 9.06. The zero-order valence-electron chi connectivity index (χ0n) is 19.3. The van der Waals surface area contributed by atoms with Gasteiger partial charge < -0.3 is 14.4 Å². The SMILES string of the molecule is CCOc1ccc(N2C(=O)C(c3ccccc3OC)=C(N3CCCc4ccccc43)C2=O)cc1. The summed E-state index contributed by atoms with van der Waals surface area (Å²) in [6.45, 7) is 3.10. The van der Waals surface area contributed by atoms with E-state index < -0.39 is 0 Å².